The molecule has 7 heteroatoms. The van der Waals surface area contributed by atoms with Gasteiger partial charge >= 0.3 is 5.97 Å². The van der Waals surface area contributed by atoms with Gasteiger partial charge in [0, 0.05) is 16.9 Å². The number of benzene rings is 2. The molecule has 0 saturated carbocycles. The average molecular weight is 402 g/mol. The summed E-state index contributed by atoms with van der Waals surface area (Å²) in [6.45, 7) is -0.432. The van der Waals surface area contributed by atoms with Crippen LogP contribution in [0.2, 0.25) is 0 Å². The number of methoxy groups -OCH3 is 2. The molecule has 0 amide bonds. The van der Waals surface area contributed by atoms with Crippen LogP contribution in [0.15, 0.2) is 47.4 Å². The van der Waals surface area contributed by atoms with Crippen LogP contribution < -0.4 is 9.47 Å². The fourth-order valence-corrected chi connectivity index (χ4v) is 2.87. The van der Waals surface area contributed by atoms with Gasteiger partial charge in [0.15, 0.2) is 12.4 Å². The Morgan fingerprint density at radius 3 is 2.21 bits per heavy atom. The van der Waals surface area contributed by atoms with E-state index in [0.717, 1.165) is 4.90 Å². The van der Waals surface area contributed by atoms with E-state index in [9.17, 15) is 14.4 Å². The van der Waals surface area contributed by atoms with Crippen molar-refractivity contribution in [1.29, 1.82) is 0 Å². The van der Waals surface area contributed by atoms with E-state index in [-0.39, 0.29) is 24.2 Å². The first-order chi connectivity index (χ1) is 13.5. The van der Waals surface area contributed by atoms with Crippen molar-refractivity contribution in [3.63, 3.8) is 0 Å². The molecule has 2 aromatic rings. The maximum atomic E-state index is 12.3. The van der Waals surface area contributed by atoms with Crippen molar-refractivity contribution in [2.45, 2.75) is 17.7 Å². The van der Waals surface area contributed by atoms with Crippen LogP contribution in [0.25, 0.3) is 0 Å². The van der Waals surface area contributed by atoms with E-state index in [0.29, 0.717) is 17.1 Å². The molecule has 0 atom stereocenters. The SMILES string of the molecule is COc1ccc(OC)c(C(=O)COC(=O)CCC(=O)c2ccc(SC)cc2)c1. The molecular formula is C21H22O6S. The van der Waals surface area contributed by atoms with Crippen LogP contribution in [-0.4, -0.2) is 44.6 Å². The lowest BCUT2D eigenvalue weighted by molar-refractivity contribution is -0.142. The highest BCUT2D eigenvalue weighted by Crippen LogP contribution is 2.24. The predicted molar refractivity (Wildman–Crippen MR) is 107 cm³/mol. The maximum Gasteiger partial charge on any atom is 0.306 e. The van der Waals surface area contributed by atoms with Gasteiger partial charge in [-0.05, 0) is 36.6 Å². The van der Waals surface area contributed by atoms with Crippen LogP contribution in [-0.2, 0) is 9.53 Å². The summed E-state index contributed by atoms with van der Waals surface area (Å²) in [5.41, 5.74) is 0.808. The predicted octanol–water partition coefficient (Wildman–Crippen LogP) is 3.81. The summed E-state index contributed by atoms with van der Waals surface area (Å²) >= 11 is 1.59. The van der Waals surface area contributed by atoms with E-state index in [1.54, 1.807) is 36.0 Å². The van der Waals surface area contributed by atoms with Crippen LogP contribution >= 0.6 is 11.8 Å². The largest absolute Gasteiger partial charge is 0.497 e. The van der Waals surface area contributed by atoms with Gasteiger partial charge in [0.2, 0.25) is 5.78 Å². The topological polar surface area (TPSA) is 78.9 Å². The molecular weight excluding hydrogens is 380 g/mol. The standard InChI is InChI=1S/C21H22O6S/c1-25-15-6-10-20(26-2)17(12-15)19(23)13-27-21(24)11-9-18(22)14-4-7-16(28-3)8-5-14/h4-8,10,12H,9,11,13H2,1-3H3. The molecule has 0 saturated heterocycles. The van der Waals surface area contributed by atoms with Gasteiger partial charge < -0.3 is 14.2 Å². The second-order valence-corrected chi connectivity index (χ2v) is 6.68. The highest BCUT2D eigenvalue weighted by atomic mass is 32.2. The number of carbonyl (C=O) groups excluding carboxylic acids is 3. The summed E-state index contributed by atoms with van der Waals surface area (Å²) in [7, 11) is 2.93. The number of rotatable bonds is 10. The van der Waals surface area contributed by atoms with E-state index in [1.165, 1.54) is 20.3 Å². The van der Waals surface area contributed by atoms with Gasteiger partial charge in [-0.2, -0.15) is 0 Å². The Hall–Kier alpha value is -2.80. The molecule has 0 N–H and O–H groups in total. The normalized spacial score (nSPS) is 10.2. The molecule has 0 spiro atoms. The van der Waals surface area contributed by atoms with E-state index in [1.807, 2.05) is 18.4 Å². The fourth-order valence-electron chi connectivity index (χ4n) is 2.46. The molecule has 0 aliphatic heterocycles. The Morgan fingerprint density at radius 2 is 1.61 bits per heavy atom. The number of thioether (sulfide) groups is 1. The Morgan fingerprint density at radius 1 is 0.893 bits per heavy atom. The summed E-state index contributed by atoms with van der Waals surface area (Å²) in [6.07, 6.45) is 1.88. The summed E-state index contributed by atoms with van der Waals surface area (Å²) in [6, 6.07) is 12.0. The second-order valence-electron chi connectivity index (χ2n) is 5.80. The molecule has 0 aliphatic rings. The molecule has 2 rings (SSSR count). The zero-order valence-electron chi connectivity index (χ0n) is 16.0. The minimum atomic E-state index is -0.607. The molecule has 148 valence electrons. The number of esters is 1. The van der Waals surface area contributed by atoms with Crippen LogP contribution in [0.1, 0.15) is 33.6 Å². The Bertz CT molecular complexity index is 844. The highest BCUT2D eigenvalue weighted by Gasteiger charge is 2.17. The van der Waals surface area contributed by atoms with Gasteiger partial charge in [0.1, 0.15) is 11.5 Å². The lowest BCUT2D eigenvalue weighted by atomic mass is 10.1. The fraction of sp³-hybridized carbons (Fsp3) is 0.286. The molecule has 0 fully saturated rings. The highest BCUT2D eigenvalue weighted by molar-refractivity contribution is 7.98. The molecule has 0 radical (unpaired) electrons. The number of hydrogen-bond donors (Lipinski definition) is 0. The Balaban J connectivity index is 1.86. The van der Waals surface area contributed by atoms with Crippen molar-refractivity contribution in [3.8, 4) is 11.5 Å². The summed E-state index contributed by atoms with van der Waals surface area (Å²) in [5.74, 6) is -0.308. The van der Waals surface area contributed by atoms with Gasteiger partial charge in [0.25, 0.3) is 0 Å². The van der Waals surface area contributed by atoms with Crippen molar-refractivity contribution >= 4 is 29.3 Å². The van der Waals surface area contributed by atoms with E-state index >= 15 is 0 Å². The van der Waals surface area contributed by atoms with E-state index in [4.69, 9.17) is 14.2 Å². The van der Waals surface area contributed by atoms with Crippen molar-refractivity contribution in [2.75, 3.05) is 27.1 Å². The first kappa shape index (κ1) is 21.5. The average Bonchev–Trinajstić information content (AvgIpc) is 2.75. The van der Waals surface area contributed by atoms with Crippen molar-refractivity contribution in [1.82, 2.24) is 0 Å². The molecule has 28 heavy (non-hydrogen) atoms. The smallest absolute Gasteiger partial charge is 0.306 e. The molecule has 6 nitrogen and oxygen atoms in total. The number of carbonyl (C=O) groups is 3. The van der Waals surface area contributed by atoms with Crippen LogP contribution in [0.5, 0.6) is 11.5 Å². The minimum Gasteiger partial charge on any atom is -0.497 e. The van der Waals surface area contributed by atoms with E-state index in [2.05, 4.69) is 0 Å². The van der Waals surface area contributed by atoms with Crippen LogP contribution in [0.4, 0.5) is 0 Å². The Labute approximate surface area is 168 Å². The van der Waals surface area contributed by atoms with Gasteiger partial charge in [-0.1, -0.05) is 12.1 Å². The zero-order valence-corrected chi connectivity index (χ0v) is 16.8. The van der Waals surface area contributed by atoms with Gasteiger partial charge in [0.05, 0.1) is 26.2 Å². The van der Waals surface area contributed by atoms with Crippen LogP contribution in [0, 0.1) is 0 Å². The van der Waals surface area contributed by atoms with Crippen molar-refractivity contribution in [2.24, 2.45) is 0 Å². The molecule has 0 unspecified atom stereocenters. The minimum absolute atomic E-state index is 0.0219. The number of hydrogen-bond acceptors (Lipinski definition) is 7. The number of ether oxygens (including phenoxy) is 3. The lowest BCUT2D eigenvalue weighted by Crippen LogP contribution is -2.16. The van der Waals surface area contributed by atoms with Gasteiger partial charge in [-0.15, -0.1) is 11.8 Å². The Kier molecular flexibility index (Phi) is 8.07. The summed E-state index contributed by atoms with van der Waals surface area (Å²) in [5, 5.41) is 0. The quantitative estimate of drug-likeness (QED) is 0.340. The summed E-state index contributed by atoms with van der Waals surface area (Å²) < 4.78 is 15.3. The second kappa shape index (κ2) is 10.5. The van der Waals surface area contributed by atoms with Crippen LogP contribution in [0.3, 0.4) is 0 Å². The summed E-state index contributed by atoms with van der Waals surface area (Å²) in [4.78, 5) is 37.5. The number of Topliss-reactive ketones (excluding diaryl/α,β-unsaturated/α-hetero) is 2. The monoisotopic (exact) mass is 402 g/mol. The zero-order chi connectivity index (χ0) is 20.5. The van der Waals surface area contributed by atoms with Gasteiger partial charge in [-0.25, -0.2) is 0 Å². The molecule has 0 aliphatic carbocycles. The van der Waals surface area contributed by atoms with Gasteiger partial charge in [-0.3, -0.25) is 14.4 Å². The first-order valence-electron chi connectivity index (χ1n) is 8.56. The molecule has 2 aromatic carbocycles. The maximum absolute atomic E-state index is 12.3. The molecule has 0 heterocycles. The van der Waals surface area contributed by atoms with Crippen molar-refractivity contribution in [3.05, 3.63) is 53.6 Å². The molecule has 0 bridgehead atoms. The molecule has 0 aromatic heterocycles. The van der Waals surface area contributed by atoms with Crippen molar-refractivity contribution < 1.29 is 28.6 Å². The third-order valence-corrected chi connectivity index (χ3v) is 4.78. The number of ketones is 2. The third-order valence-electron chi connectivity index (χ3n) is 4.04. The van der Waals surface area contributed by atoms with E-state index < -0.39 is 18.4 Å². The third kappa shape index (κ3) is 5.85. The lowest BCUT2D eigenvalue weighted by Gasteiger charge is -2.10. The first-order valence-corrected chi connectivity index (χ1v) is 9.79.